The number of Topliss-reactive ketones (excluding diaryl/α,β-unsaturated/α-hetero) is 1. The van der Waals surface area contributed by atoms with Gasteiger partial charge in [0.15, 0.2) is 12.4 Å². The van der Waals surface area contributed by atoms with Crippen molar-refractivity contribution in [3.8, 4) is 6.07 Å². The Balaban J connectivity index is 1.84. The number of hydrogen-bond acceptors (Lipinski definition) is 2. The standard InChI is InChI=1S/C18H13N2O/c19-12-14-7-9-20(10-8-14)13-18(21)17-6-5-15-3-1-2-4-16(15)11-17/h1-11H,13H2/q+1. The highest BCUT2D eigenvalue weighted by atomic mass is 16.1. The molecule has 1 heterocycles. The first-order chi connectivity index (χ1) is 10.3. The minimum Gasteiger partial charge on any atom is -0.287 e. The Morgan fingerprint density at radius 1 is 1.00 bits per heavy atom. The normalized spacial score (nSPS) is 10.2. The molecule has 0 aliphatic rings. The number of rotatable bonds is 3. The number of nitriles is 1. The van der Waals surface area contributed by atoms with Gasteiger partial charge < -0.3 is 0 Å². The molecule has 0 atom stereocenters. The molecule has 3 nitrogen and oxygen atoms in total. The van der Waals surface area contributed by atoms with Crippen LogP contribution in [0.1, 0.15) is 15.9 Å². The summed E-state index contributed by atoms with van der Waals surface area (Å²) in [7, 11) is 0. The third kappa shape index (κ3) is 2.80. The van der Waals surface area contributed by atoms with Crippen molar-refractivity contribution in [2.75, 3.05) is 0 Å². The Morgan fingerprint density at radius 3 is 2.43 bits per heavy atom. The van der Waals surface area contributed by atoms with Crippen LogP contribution in [-0.4, -0.2) is 5.78 Å². The lowest BCUT2D eigenvalue weighted by atomic mass is 10.0. The Kier molecular flexibility index (Phi) is 3.44. The maximum atomic E-state index is 12.3. The number of ketones is 1. The average Bonchev–Trinajstić information content (AvgIpc) is 2.55. The Labute approximate surface area is 122 Å². The molecule has 0 saturated heterocycles. The summed E-state index contributed by atoms with van der Waals surface area (Å²) in [4.78, 5) is 12.3. The second-order valence-electron chi connectivity index (χ2n) is 4.86. The van der Waals surface area contributed by atoms with E-state index < -0.39 is 0 Å². The first-order valence-corrected chi connectivity index (χ1v) is 6.67. The molecule has 0 spiro atoms. The van der Waals surface area contributed by atoms with E-state index in [2.05, 4.69) is 6.07 Å². The fourth-order valence-electron chi connectivity index (χ4n) is 2.26. The van der Waals surface area contributed by atoms with E-state index in [1.165, 1.54) is 0 Å². The minimum absolute atomic E-state index is 0.0514. The number of nitrogens with zero attached hydrogens (tertiary/aromatic N) is 2. The van der Waals surface area contributed by atoms with Crippen molar-refractivity contribution >= 4 is 16.6 Å². The van der Waals surface area contributed by atoms with Crippen LogP contribution in [0.3, 0.4) is 0 Å². The molecule has 0 radical (unpaired) electrons. The lowest BCUT2D eigenvalue weighted by Crippen LogP contribution is -2.37. The summed E-state index contributed by atoms with van der Waals surface area (Å²) in [6, 6.07) is 19.2. The monoisotopic (exact) mass is 273 g/mol. The molecule has 0 fully saturated rings. The highest BCUT2D eigenvalue weighted by Gasteiger charge is 2.12. The molecule has 3 aromatic rings. The van der Waals surface area contributed by atoms with Gasteiger partial charge in [-0.25, -0.2) is 0 Å². The maximum Gasteiger partial charge on any atom is 0.227 e. The molecule has 3 heteroatoms. The number of hydrogen-bond donors (Lipinski definition) is 0. The van der Waals surface area contributed by atoms with Crippen molar-refractivity contribution in [2.45, 2.75) is 6.54 Å². The lowest BCUT2D eigenvalue weighted by Gasteiger charge is -2.01. The van der Waals surface area contributed by atoms with E-state index in [9.17, 15) is 4.79 Å². The summed E-state index contributed by atoms with van der Waals surface area (Å²) in [5, 5.41) is 11.0. The van der Waals surface area contributed by atoms with Gasteiger partial charge in [0, 0.05) is 17.7 Å². The van der Waals surface area contributed by atoms with Crippen molar-refractivity contribution in [2.24, 2.45) is 0 Å². The highest BCUT2D eigenvalue weighted by Crippen LogP contribution is 2.15. The maximum absolute atomic E-state index is 12.3. The summed E-state index contributed by atoms with van der Waals surface area (Å²) < 4.78 is 1.78. The van der Waals surface area contributed by atoms with Gasteiger partial charge in [0.05, 0.1) is 11.6 Å². The predicted octanol–water partition coefficient (Wildman–Crippen LogP) is 2.88. The number of pyridine rings is 1. The van der Waals surface area contributed by atoms with Gasteiger partial charge in [-0.3, -0.25) is 4.79 Å². The largest absolute Gasteiger partial charge is 0.287 e. The van der Waals surface area contributed by atoms with Crippen molar-refractivity contribution in [3.05, 3.63) is 78.1 Å². The molecule has 3 rings (SSSR count). The molecule has 100 valence electrons. The Hall–Kier alpha value is -2.99. The molecule has 0 bridgehead atoms. The third-order valence-electron chi connectivity index (χ3n) is 3.42. The van der Waals surface area contributed by atoms with E-state index in [0.29, 0.717) is 11.1 Å². The van der Waals surface area contributed by atoms with Crippen molar-refractivity contribution < 1.29 is 9.36 Å². The average molecular weight is 273 g/mol. The SMILES string of the molecule is N#Cc1cc[n+](CC(=O)c2ccc3ccccc3c2)cc1. The van der Waals surface area contributed by atoms with Crippen LogP contribution in [0.15, 0.2) is 67.0 Å². The van der Waals surface area contributed by atoms with E-state index in [0.717, 1.165) is 10.8 Å². The molecule has 0 saturated carbocycles. The van der Waals surface area contributed by atoms with Gasteiger partial charge in [-0.15, -0.1) is 0 Å². The quantitative estimate of drug-likeness (QED) is 0.544. The predicted molar refractivity (Wildman–Crippen MR) is 79.6 cm³/mol. The van der Waals surface area contributed by atoms with Crippen molar-refractivity contribution in [1.82, 2.24) is 0 Å². The van der Waals surface area contributed by atoms with Crippen molar-refractivity contribution in [3.63, 3.8) is 0 Å². The molecule has 1 aromatic heterocycles. The summed E-state index contributed by atoms with van der Waals surface area (Å²) in [5.41, 5.74) is 1.29. The van der Waals surface area contributed by atoms with Gasteiger partial charge in [-0.1, -0.05) is 36.4 Å². The summed E-state index contributed by atoms with van der Waals surface area (Å²) in [6.07, 6.45) is 3.50. The number of carbonyl (C=O) groups is 1. The summed E-state index contributed by atoms with van der Waals surface area (Å²) >= 11 is 0. The number of aromatic nitrogens is 1. The number of fused-ring (bicyclic) bond motifs is 1. The van der Waals surface area contributed by atoms with Crippen LogP contribution in [0.25, 0.3) is 10.8 Å². The Bertz CT molecular complexity index is 845. The zero-order valence-corrected chi connectivity index (χ0v) is 11.4. The van der Waals surface area contributed by atoms with Gasteiger partial charge in [0.2, 0.25) is 12.3 Å². The lowest BCUT2D eigenvalue weighted by molar-refractivity contribution is -0.683. The van der Waals surface area contributed by atoms with Crippen LogP contribution in [0, 0.1) is 11.3 Å². The van der Waals surface area contributed by atoms with E-state index in [-0.39, 0.29) is 12.3 Å². The minimum atomic E-state index is 0.0514. The number of benzene rings is 2. The zero-order chi connectivity index (χ0) is 14.7. The van der Waals surface area contributed by atoms with Crippen LogP contribution in [0.2, 0.25) is 0 Å². The molecule has 0 amide bonds. The third-order valence-corrected chi connectivity index (χ3v) is 3.42. The highest BCUT2D eigenvalue weighted by molar-refractivity contribution is 5.99. The van der Waals surface area contributed by atoms with Gasteiger partial charge >= 0.3 is 0 Å². The van der Waals surface area contributed by atoms with Crippen LogP contribution in [-0.2, 0) is 6.54 Å². The van der Waals surface area contributed by atoms with E-state index in [1.54, 1.807) is 29.1 Å². The van der Waals surface area contributed by atoms with E-state index >= 15 is 0 Å². The van der Waals surface area contributed by atoms with Crippen LogP contribution < -0.4 is 4.57 Å². The van der Waals surface area contributed by atoms with Crippen LogP contribution in [0.5, 0.6) is 0 Å². The second-order valence-corrected chi connectivity index (χ2v) is 4.86. The van der Waals surface area contributed by atoms with Crippen LogP contribution >= 0.6 is 0 Å². The fourth-order valence-corrected chi connectivity index (χ4v) is 2.26. The van der Waals surface area contributed by atoms with Gasteiger partial charge in [-0.05, 0) is 16.8 Å². The topological polar surface area (TPSA) is 44.7 Å². The first-order valence-electron chi connectivity index (χ1n) is 6.67. The van der Waals surface area contributed by atoms with Gasteiger partial charge in [0.25, 0.3) is 0 Å². The van der Waals surface area contributed by atoms with Crippen LogP contribution in [0.4, 0.5) is 0 Å². The van der Waals surface area contributed by atoms with E-state index in [4.69, 9.17) is 5.26 Å². The zero-order valence-electron chi connectivity index (χ0n) is 11.4. The molecular weight excluding hydrogens is 260 g/mol. The molecule has 0 aliphatic carbocycles. The summed E-state index contributed by atoms with van der Waals surface area (Å²) in [5.74, 6) is 0.0514. The van der Waals surface area contributed by atoms with Crippen molar-refractivity contribution in [1.29, 1.82) is 5.26 Å². The van der Waals surface area contributed by atoms with E-state index in [1.807, 2.05) is 42.5 Å². The molecule has 2 aromatic carbocycles. The van der Waals surface area contributed by atoms with Gasteiger partial charge in [0.1, 0.15) is 0 Å². The Morgan fingerprint density at radius 2 is 1.71 bits per heavy atom. The second kappa shape index (κ2) is 5.56. The molecule has 21 heavy (non-hydrogen) atoms. The summed E-state index contributed by atoms with van der Waals surface area (Å²) in [6.45, 7) is 0.268. The molecule has 0 N–H and O–H groups in total. The number of carbonyl (C=O) groups excluding carboxylic acids is 1. The fraction of sp³-hybridized carbons (Fsp3) is 0.0556. The molecule has 0 aliphatic heterocycles. The molecule has 0 unspecified atom stereocenters. The van der Waals surface area contributed by atoms with Gasteiger partial charge in [-0.2, -0.15) is 9.83 Å². The smallest absolute Gasteiger partial charge is 0.227 e. The molecular formula is C18H13N2O+. The first kappa shape index (κ1) is 13.0.